The number of Topliss-reactive ketones (excluding diaryl/α,β-unsaturated/α-hetero) is 1. The van der Waals surface area contributed by atoms with Crippen molar-refractivity contribution in [3.05, 3.63) is 52.0 Å². The van der Waals surface area contributed by atoms with Gasteiger partial charge in [0.25, 0.3) is 11.7 Å². The lowest BCUT2D eigenvalue weighted by Crippen LogP contribution is -2.48. The number of carbonyl (C=O) groups is 3. The van der Waals surface area contributed by atoms with Gasteiger partial charge in [0.1, 0.15) is 6.04 Å². The molecule has 0 saturated carbocycles. The number of rotatable bonds is 7. The lowest BCUT2D eigenvalue weighted by Gasteiger charge is -2.23. The van der Waals surface area contributed by atoms with Crippen LogP contribution in [0.25, 0.3) is 0 Å². The van der Waals surface area contributed by atoms with E-state index in [4.69, 9.17) is 9.47 Å². The van der Waals surface area contributed by atoms with E-state index in [0.29, 0.717) is 40.2 Å². The SMILES string of the molecule is COc1ccc(CCNC(=O)C(C)N2C(=O)C(=O)c3cc(Br)ccc32)cc1OC. The Bertz CT molecular complexity index is 976. The molecule has 1 N–H and O–H groups in total. The minimum atomic E-state index is -0.806. The van der Waals surface area contributed by atoms with Crippen molar-refractivity contribution in [1.29, 1.82) is 0 Å². The molecule has 0 fully saturated rings. The van der Waals surface area contributed by atoms with Crippen LogP contribution in [0.2, 0.25) is 0 Å². The van der Waals surface area contributed by atoms with Crippen molar-refractivity contribution >= 4 is 39.2 Å². The molecule has 2 aromatic rings. The first-order chi connectivity index (χ1) is 13.9. The van der Waals surface area contributed by atoms with E-state index in [-0.39, 0.29) is 5.91 Å². The summed E-state index contributed by atoms with van der Waals surface area (Å²) in [6, 6.07) is 9.74. The summed E-state index contributed by atoms with van der Waals surface area (Å²) in [6.07, 6.45) is 0.579. The molecule has 1 heterocycles. The fourth-order valence-corrected chi connectivity index (χ4v) is 3.61. The van der Waals surface area contributed by atoms with E-state index in [9.17, 15) is 14.4 Å². The van der Waals surface area contributed by atoms with Gasteiger partial charge in [0, 0.05) is 11.0 Å². The summed E-state index contributed by atoms with van der Waals surface area (Å²) < 4.78 is 11.2. The number of ether oxygens (including phenoxy) is 2. The minimum Gasteiger partial charge on any atom is -0.493 e. The average Bonchev–Trinajstić information content (AvgIpc) is 2.97. The van der Waals surface area contributed by atoms with Gasteiger partial charge < -0.3 is 14.8 Å². The molecule has 0 aromatic heterocycles. The maximum absolute atomic E-state index is 12.6. The molecule has 29 heavy (non-hydrogen) atoms. The van der Waals surface area contributed by atoms with E-state index in [1.165, 1.54) is 4.90 Å². The molecule has 7 nitrogen and oxygen atoms in total. The van der Waals surface area contributed by atoms with Gasteiger partial charge in [-0.3, -0.25) is 19.3 Å². The fourth-order valence-electron chi connectivity index (χ4n) is 3.25. The number of hydrogen-bond donors (Lipinski definition) is 1. The summed E-state index contributed by atoms with van der Waals surface area (Å²) >= 11 is 3.30. The Morgan fingerprint density at radius 2 is 1.83 bits per heavy atom. The van der Waals surface area contributed by atoms with E-state index < -0.39 is 17.7 Å². The van der Waals surface area contributed by atoms with E-state index in [1.807, 2.05) is 18.2 Å². The Labute approximate surface area is 177 Å². The number of amides is 2. The standard InChI is InChI=1S/C21H21BrN2O5/c1-12(24-16-6-5-14(22)11-15(16)19(25)21(24)27)20(26)23-9-8-13-4-7-17(28-2)18(10-13)29-3/h4-7,10-12H,8-9H2,1-3H3,(H,23,26). The van der Waals surface area contributed by atoms with Gasteiger partial charge in [0.2, 0.25) is 5.91 Å². The highest BCUT2D eigenvalue weighted by molar-refractivity contribution is 9.10. The number of benzene rings is 2. The summed E-state index contributed by atoms with van der Waals surface area (Å²) in [5, 5.41) is 2.83. The molecule has 152 valence electrons. The Balaban J connectivity index is 1.65. The molecular weight excluding hydrogens is 440 g/mol. The Kier molecular flexibility index (Phi) is 6.22. The quantitative estimate of drug-likeness (QED) is 0.642. The largest absolute Gasteiger partial charge is 0.493 e. The van der Waals surface area contributed by atoms with Crippen LogP contribution in [-0.4, -0.2) is 44.4 Å². The number of anilines is 1. The molecule has 2 aromatic carbocycles. The van der Waals surface area contributed by atoms with Crippen LogP contribution in [0.1, 0.15) is 22.8 Å². The van der Waals surface area contributed by atoms with Crippen LogP contribution >= 0.6 is 15.9 Å². The molecule has 1 aliphatic heterocycles. The van der Waals surface area contributed by atoms with E-state index in [0.717, 1.165) is 5.56 Å². The minimum absolute atomic E-state index is 0.300. The molecule has 3 rings (SSSR count). The van der Waals surface area contributed by atoms with Gasteiger partial charge in [-0.2, -0.15) is 0 Å². The van der Waals surface area contributed by atoms with Crippen LogP contribution < -0.4 is 19.7 Å². The Morgan fingerprint density at radius 1 is 1.10 bits per heavy atom. The summed E-state index contributed by atoms with van der Waals surface area (Å²) in [7, 11) is 3.14. The molecule has 0 bridgehead atoms. The smallest absolute Gasteiger partial charge is 0.300 e. The van der Waals surface area contributed by atoms with Gasteiger partial charge in [0.15, 0.2) is 11.5 Å². The lowest BCUT2D eigenvalue weighted by atomic mass is 10.1. The zero-order valence-electron chi connectivity index (χ0n) is 16.3. The first kappa shape index (κ1) is 20.9. The highest BCUT2D eigenvalue weighted by Crippen LogP contribution is 2.33. The first-order valence-electron chi connectivity index (χ1n) is 9.03. The molecular formula is C21H21BrN2O5. The van der Waals surface area contributed by atoms with Crippen LogP contribution in [0.15, 0.2) is 40.9 Å². The van der Waals surface area contributed by atoms with Gasteiger partial charge in [-0.1, -0.05) is 22.0 Å². The molecule has 1 unspecified atom stereocenters. The van der Waals surface area contributed by atoms with Crippen LogP contribution in [0, 0.1) is 0 Å². The van der Waals surface area contributed by atoms with Gasteiger partial charge >= 0.3 is 0 Å². The predicted molar refractivity (Wildman–Crippen MR) is 112 cm³/mol. The highest BCUT2D eigenvalue weighted by atomic mass is 79.9. The second-order valence-corrected chi connectivity index (χ2v) is 7.49. The van der Waals surface area contributed by atoms with Crippen LogP contribution in [0.5, 0.6) is 11.5 Å². The molecule has 0 saturated heterocycles. The van der Waals surface area contributed by atoms with Crippen molar-refractivity contribution in [1.82, 2.24) is 5.32 Å². The van der Waals surface area contributed by atoms with E-state index >= 15 is 0 Å². The van der Waals surface area contributed by atoms with Crippen LogP contribution in [-0.2, 0) is 16.0 Å². The second-order valence-electron chi connectivity index (χ2n) is 6.57. The number of halogens is 1. The monoisotopic (exact) mass is 460 g/mol. The summed E-state index contributed by atoms with van der Waals surface area (Å²) in [4.78, 5) is 38.5. The predicted octanol–water partition coefficient (Wildman–Crippen LogP) is 2.74. The summed E-state index contributed by atoms with van der Waals surface area (Å²) in [5.74, 6) is -0.376. The third-order valence-electron chi connectivity index (χ3n) is 4.80. The fraction of sp³-hybridized carbons (Fsp3) is 0.286. The molecule has 8 heteroatoms. The van der Waals surface area contributed by atoms with Crippen molar-refractivity contribution in [2.45, 2.75) is 19.4 Å². The number of fused-ring (bicyclic) bond motifs is 1. The van der Waals surface area contributed by atoms with Gasteiger partial charge in [-0.15, -0.1) is 0 Å². The van der Waals surface area contributed by atoms with Crippen molar-refractivity contribution in [2.24, 2.45) is 0 Å². The zero-order chi connectivity index (χ0) is 21.1. The molecule has 0 spiro atoms. The summed E-state index contributed by atoms with van der Waals surface area (Å²) in [5.41, 5.74) is 1.72. The third-order valence-corrected chi connectivity index (χ3v) is 5.30. The molecule has 2 amide bonds. The van der Waals surface area contributed by atoms with Crippen LogP contribution in [0.3, 0.4) is 0 Å². The van der Waals surface area contributed by atoms with Crippen molar-refractivity contribution in [3.8, 4) is 11.5 Å². The number of carbonyl (C=O) groups excluding carboxylic acids is 3. The number of nitrogens with zero attached hydrogens (tertiary/aromatic N) is 1. The normalized spacial score (nSPS) is 13.9. The van der Waals surface area contributed by atoms with Crippen molar-refractivity contribution in [3.63, 3.8) is 0 Å². The summed E-state index contributed by atoms with van der Waals surface area (Å²) in [6.45, 7) is 1.98. The molecule has 1 atom stereocenters. The topological polar surface area (TPSA) is 84.9 Å². The van der Waals surface area contributed by atoms with Gasteiger partial charge in [0.05, 0.1) is 25.5 Å². The molecule has 0 radical (unpaired) electrons. The van der Waals surface area contributed by atoms with Gasteiger partial charge in [-0.25, -0.2) is 0 Å². The van der Waals surface area contributed by atoms with E-state index in [1.54, 1.807) is 39.3 Å². The first-order valence-corrected chi connectivity index (χ1v) is 9.82. The van der Waals surface area contributed by atoms with Crippen LogP contribution in [0.4, 0.5) is 5.69 Å². The molecule has 0 aliphatic carbocycles. The van der Waals surface area contributed by atoms with E-state index in [2.05, 4.69) is 21.2 Å². The van der Waals surface area contributed by atoms with Gasteiger partial charge in [-0.05, 0) is 49.2 Å². The lowest BCUT2D eigenvalue weighted by molar-refractivity contribution is -0.124. The Morgan fingerprint density at radius 3 is 2.52 bits per heavy atom. The number of methoxy groups -OCH3 is 2. The zero-order valence-corrected chi connectivity index (χ0v) is 17.9. The molecule has 1 aliphatic rings. The third kappa shape index (κ3) is 4.12. The maximum Gasteiger partial charge on any atom is 0.300 e. The maximum atomic E-state index is 12.6. The average molecular weight is 461 g/mol. The highest BCUT2D eigenvalue weighted by Gasteiger charge is 2.40. The number of hydrogen-bond acceptors (Lipinski definition) is 5. The van der Waals surface area contributed by atoms with Crippen molar-refractivity contribution < 1.29 is 23.9 Å². The number of ketones is 1. The van der Waals surface area contributed by atoms with Crippen molar-refractivity contribution in [2.75, 3.05) is 25.7 Å². The Hall–Kier alpha value is -2.87. The second kappa shape index (κ2) is 8.65. The number of nitrogens with one attached hydrogen (secondary N) is 1.